The fourth-order valence-electron chi connectivity index (χ4n) is 3.81. The minimum absolute atomic E-state index is 0.0677. The lowest BCUT2D eigenvalue weighted by Gasteiger charge is -2.20. The highest BCUT2D eigenvalue weighted by Crippen LogP contribution is 2.25. The number of hydrogen-bond acceptors (Lipinski definition) is 6. The van der Waals surface area contributed by atoms with Crippen LogP contribution in [-0.4, -0.2) is 54.0 Å². The van der Waals surface area contributed by atoms with E-state index in [1.807, 2.05) is 13.8 Å². The molecule has 4 amide bonds. The maximum atomic E-state index is 13.2. The van der Waals surface area contributed by atoms with Gasteiger partial charge in [-0.25, -0.2) is 14.2 Å². The molecule has 3 aromatic heterocycles. The van der Waals surface area contributed by atoms with E-state index < -0.39 is 29.2 Å². The quantitative estimate of drug-likeness (QED) is 0.485. The van der Waals surface area contributed by atoms with Gasteiger partial charge in [-0.15, -0.1) is 5.10 Å². The molecule has 0 unspecified atom stereocenters. The van der Waals surface area contributed by atoms with Gasteiger partial charge in [0.05, 0.1) is 18.3 Å². The van der Waals surface area contributed by atoms with Crippen molar-refractivity contribution < 1.29 is 18.8 Å². The molecule has 4 heterocycles. The molecule has 0 radical (unpaired) electrons. The van der Waals surface area contributed by atoms with Gasteiger partial charge < -0.3 is 20.1 Å². The number of rotatable bonds is 6. The molecule has 35 heavy (non-hydrogen) atoms. The van der Waals surface area contributed by atoms with E-state index in [0.29, 0.717) is 0 Å². The van der Waals surface area contributed by atoms with Crippen molar-refractivity contribution in [1.82, 2.24) is 29.4 Å². The molecule has 0 spiro atoms. The smallest absolute Gasteiger partial charge is 0.320 e. The summed E-state index contributed by atoms with van der Waals surface area (Å²) in [5, 5.41) is 11.9. The normalized spacial score (nSPS) is 13.0. The van der Waals surface area contributed by atoms with Gasteiger partial charge in [0.1, 0.15) is 29.5 Å². The number of amides is 4. The Kier molecular flexibility index (Phi) is 6.24. The zero-order valence-electron chi connectivity index (χ0n) is 19.6. The number of fused-ring (bicyclic) bond motifs is 2. The van der Waals surface area contributed by atoms with Crippen LogP contribution < -0.4 is 21.5 Å². The van der Waals surface area contributed by atoms with Crippen molar-refractivity contribution in [3.8, 4) is 0 Å². The first-order chi connectivity index (χ1) is 16.5. The molecule has 0 aliphatic carbocycles. The van der Waals surface area contributed by atoms with Gasteiger partial charge >= 0.3 is 6.03 Å². The fourth-order valence-corrected chi connectivity index (χ4v) is 3.81. The van der Waals surface area contributed by atoms with E-state index in [2.05, 4.69) is 26.0 Å². The highest BCUT2D eigenvalue weighted by atomic mass is 19.1. The summed E-state index contributed by atoms with van der Waals surface area (Å²) in [6.07, 6.45) is 0.964. The first kappa shape index (κ1) is 23.9. The molecule has 0 saturated carbocycles. The second-order valence-electron chi connectivity index (χ2n) is 8.71. The lowest BCUT2D eigenvalue weighted by atomic mass is 10.2. The Morgan fingerprint density at radius 3 is 2.49 bits per heavy atom. The number of nitrogens with one attached hydrogen (secondary N) is 3. The van der Waals surface area contributed by atoms with Gasteiger partial charge in [0.2, 0.25) is 5.91 Å². The van der Waals surface area contributed by atoms with Crippen molar-refractivity contribution in [1.29, 1.82) is 0 Å². The van der Waals surface area contributed by atoms with Crippen LogP contribution in [0.15, 0.2) is 29.2 Å². The van der Waals surface area contributed by atoms with Crippen molar-refractivity contribution in [3.05, 3.63) is 51.8 Å². The summed E-state index contributed by atoms with van der Waals surface area (Å²) in [6.45, 7) is 6.94. The minimum Gasteiger partial charge on any atom is -0.336 e. The predicted octanol–water partition coefficient (Wildman–Crippen LogP) is 1.56. The zero-order chi connectivity index (χ0) is 25.4. The van der Waals surface area contributed by atoms with Crippen LogP contribution >= 0.6 is 0 Å². The fraction of sp³-hybridized carbons (Fsp3) is 0.364. The van der Waals surface area contributed by atoms with Gasteiger partial charge in [-0.2, -0.15) is 4.52 Å². The average Bonchev–Trinajstić information content (AvgIpc) is 3.34. The number of hydrogen-bond donors (Lipinski definition) is 3. The molecule has 0 bridgehead atoms. The Morgan fingerprint density at radius 1 is 1.11 bits per heavy atom. The van der Waals surface area contributed by atoms with Crippen LogP contribution in [0.4, 0.5) is 20.8 Å². The van der Waals surface area contributed by atoms with E-state index in [1.54, 1.807) is 13.8 Å². The van der Waals surface area contributed by atoms with E-state index in [1.165, 1.54) is 21.6 Å². The first-order valence-electron chi connectivity index (χ1n) is 11.0. The molecule has 0 saturated heterocycles. The number of carbonyl (C=O) groups is 3. The maximum Gasteiger partial charge on any atom is 0.320 e. The highest BCUT2D eigenvalue weighted by Gasteiger charge is 2.36. The molecular weight excluding hydrogens is 459 g/mol. The Labute approximate surface area is 199 Å². The van der Waals surface area contributed by atoms with Crippen LogP contribution in [0.1, 0.15) is 43.7 Å². The summed E-state index contributed by atoms with van der Waals surface area (Å²) in [7, 11) is 0. The molecule has 13 heteroatoms. The second-order valence-corrected chi connectivity index (χ2v) is 8.71. The van der Waals surface area contributed by atoms with Gasteiger partial charge in [-0.3, -0.25) is 19.7 Å². The zero-order valence-corrected chi connectivity index (χ0v) is 19.6. The van der Waals surface area contributed by atoms with E-state index in [4.69, 9.17) is 0 Å². The van der Waals surface area contributed by atoms with Gasteiger partial charge in [0.25, 0.3) is 11.5 Å². The Morgan fingerprint density at radius 2 is 1.86 bits per heavy atom. The van der Waals surface area contributed by atoms with Crippen LogP contribution in [0.25, 0.3) is 5.65 Å². The molecule has 1 aliphatic heterocycles. The molecule has 0 atom stereocenters. The number of nitrogens with zero attached hydrogens (tertiary/aromatic N) is 5. The van der Waals surface area contributed by atoms with Gasteiger partial charge in [-0.05, 0) is 39.8 Å². The van der Waals surface area contributed by atoms with Crippen molar-refractivity contribution >= 4 is 35.1 Å². The molecule has 3 aromatic rings. The third-order valence-electron chi connectivity index (χ3n) is 5.35. The summed E-state index contributed by atoms with van der Waals surface area (Å²) in [6, 6.07) is 3.05. The van der Waals surface area contributed by atoms with Crippen LogP contribution in [0, 0.1) is 5.82 Å². The maximum absolute atomic E-state index is 13.2. The van der Waals surface area contributed by atoms with Crippen molar-refractivity contribution in [2.45, 2.75) is 52.9 Å². The van der Waals surface area contributed by atoms with Crippen LogP contribution in [-0.2, 0) is 17.9 Å². The van der Waals surface area contributed by atoms with Crippen molar-refractivity contribution in [3.63, 3.8) is 0 Å². The SMILES string of the molecule is CC(C)NC(=O)Nc1cc2n(CC(=O)Nc3ccc(F)cn3)c3c(c(=O)n2n1)CN(C(C)C)C3=O. The molecule has 12 nitrogen and oxygen atoms in total. The number of pyridine rings is 1. The van der Waals surface area contributed by atoms with Gasteiger partial charge in [0, 0.05) is 18.2 Å². The summed E-state index contributed by atoms with van der Waals surface area (Å²) in [5.41, 5.74) is -0.0860. The Balaban J connectivity index is 1.77. The largest absolute Gasteiger partial charge is 0.336 e. The van der Waals surface area contributed by atoms with Crippen LogP contribution in [0.2, 0.25) is 0 Å². The van der Waals surface area contributed by atoms with Crippen LogP contribution in [0.3, 0.4) is 0 Å². The summed E-state index contributed by atoms with van der Waals surface area (Å²) in [4.78, 5) is 56.7. The van der Waals surface area contributed by atoms with Gasteiger partial charge in [0.15, 0.2) is 5.82 Å². The monoisotopic (exact) mass is 484 g/mol. The third kappa shape index (κ3) is 4.69. The van der Waals surface area contributed by atoms with Crippen LogP contribution in [0.5, 0.6) is 0 Å². The average molecular weight is 484 g/mol. The summed E-state index contributed by atoms with van der Waals surface area (Å²) < 4.78 is 15.6. The lowest BCUT2D eigenvalue weighted by Crippen LogP contribution is -2.34. The summed E-state index contributed by atoms with van der Waals surface area (Å²) in [5.74, 6) is -1.30. The number of anilines is 2. The standard InChI is InChI=1S/C22H25FN8O4/c1-11(2)25-22(35)27-16-7-18-30(10-17(32)26-15-6-5-13(23)8-24-15)19-14(20(33)31(18)28-16)9-29(12(3)4)21(19)34/h5-8,11-12H,9-10H2,1-4H3,(H,24,26,32)(H2,25,27,28,35). The Bertz CT molecular complexity index is 1380. The minimum atomic E-state index is -0.555. The molecule has 184 valence electrons. The molecular formula is C22H25FN8O4. The molecule has 1 aliphatic rings. The van der Waals surface area contributed by atoms with E-state index in [-0.39, 0.29) is 53.7 Å². The molecule has 3 N–H and O–H groups in total. The summed E-state index contributed by atoms with van der Waals surface area (Å²) >= 11 is 0. The number of aromatic nitrogens is 4. The number of carbonyl (C=O) groups excluding carboxylic acids is 3. The second kappa shape index (κ2) is 9.16. The van der Waals surface area contributed by atoms with E-state index in [9.17, 15) is 23.6 Å². The lowest BCUT2D eigenvalue weighted by molar-refractivity contribution is -0.116. The van der Waals surface area contributed by atoms with Gasteiger partial charge in [-0.1, -0.05) is 0 Å². The Hall–Kier alpha value is -4.29. The van der Waals surface area contributed by atoms with E-state index >= 15 is 0 Å². The van der Waals surface area contributed by atoms with E-state index in [0.717, 1.165) is 16.8 Å². The molecule has 0 aromatic carbocycles. The molecule has 0 fully saturated rings. The number of urea groups is 1. The highest BCUT2D eigenvalue weighted by molar-refractivity contribution is 5.99. The third-order valence-corrected chi connectivity index (χ3v) is 5.35. The number of halogens is 1. The van der Waals surface area contributed by atoms with Crippen molar-refractivity contribution in [2.75, 3.05) is 10.6 Å². The molecule has 4 rings (SSSR count). The first-order valence-corrected chi connectivity index (χ1v) is 11.0. The van der Waals surface area contributed by atoms with Crippen molar-refractivity contribution in [2.24, 2.45) is 0 Å². The topological polar surface area (TPSA) is 143 Å². The predicted molar refractivity (Wildman–Crippen MR) is 125 cm³/mol.